The smallest absolute Gasteiger partial charge is 0.106 e. The van der Waals surface area contributed by atoms with Crippen molar-refractivity contribution in [3.63, 3.8) is 0 Å². The van der Waals surface area contributed by atoms with Crippen LogP contribution in [0, 0.1) is 0 Å². The highest BCUT2D eigenvalue weighted by atomic mass is 28.3. The molecule has 1 unspecified atom stereocenters. The molecule has 0 bridgehead atoms. The van der Waals surface area contributed by atoms with Gasteiger partial charge in [0.25, 0.3) is 0 Å². The standard InChI is InChI=1S/C11H20Si/c1-6-10-11(5)12(7-2,8-3)9-4/h7-9,11H,2-4,6,10H2,1,5H3. The topological polar surface area (TPSA) is 0 Å². The van der Waals surface area contributed by atoms with Crippen LogP contribution in [0.15, 0.2) is 36.8 Å². The summed E-state index contributed by atoms with van der Waals surface area (Å²) in [7, 11) is -1.55. The van der Waals surface area contributed by atoms with Crippen LogP contribution in [0.3, 0.4) is 0 Å². The van der Waals surface area contributed by atoms with E-state index in [9.17, 15) is 0 Å². The van der Waals surface area contributed by atoms with Crippen molar-refractivity contribution in [2.24, 2.45) is 0 Å². The summed E-state index contributed by atoms with van der Waals surface area (Å²) in [6.45, 7) is 16.2. The Hall–Kier alpha value is -0.563. The summed E-state index contributed by atoms with van der Waals surface area (Å²) >= 11 is 0. The summed E-state index contributed by atoms with van der Waals surface area (Å²) in [5.74, 6) is 0. The van der Waals surface area contributed by atoms with Gasteiger partial charge in [0.2, 0.25) is 0 Å². The molecule has 0 saturated carbocycles. The van der Waals surface area contributed by atoms with E-state index in [1.807, 2.05) is 0 Å². The molecule has 0 amide bonds. The van der Waals surface area contributed by atoms with Gasteiger partial charge in [-0.15, -0.1) is 19.7 Å². The van der Waals surface area contributed by atoms with Crippen molar-refractivity contribution in [1.29, 1.82) is 0 Å². The van der Waals surface area contributed by atoms with Gasteiger partial charge in [-0.05, 0) is 5.54 Å². The Bertz CT molecular complexity index is 148. The van der Waals surface area contributed by atoms with Crippen LogP contribution in [0.5, 0.6) is 0 Å². The molecule has 0 fully saturated rings. The molecule has 0 heterocycles. The van der Waals surface area contributed by atoms with Crippen LogP contribution in [-0.4, -0.2) is 8.07 Å². The zero-order valence-electron chi connectivity index (χ0n) is 8.34. The van der Waals surface area contributed by atoms with E-state index in [1.165, 1.54) is 12.8 Å². The van der Waals surface area contributed by atoms with Crippen LogP contribution < -0.4 is 0 Å². The Labute approximate surface area is 77.7 Å². The Kier molecular flexibility index (Phi) is 4.91. The van der Waals surface area contributed by atoms with Crippen molar-refractivity contribution < 1.29 is 0 Å². The van der Waals surface area contributed by atoms with Crippen LogP contribution >= 0.6 is 0 Å². The van der Waals surface area contributed by atoms with E-state index >= 15 is 0 Å². The molecular weight excluding hydrogens is 160 g/mol. The number of rotatable bonds is 6. The highest BCUT2D eigenvalue weighted by Gasteiger charge is 2.28. The van der Waals surface area contributed by atoms with Crippen LogP contribution in [0.25, 0.3) is 0 Å². The molecule has 0 aliphatic carbocycles. The minimum Gasteiger partial charge on any atom is -0.106 e. The minimum atomic E-state index is -1.55. The average Bonchev–Trinajstić information content (AvgIpc) is 2.09. The van der Waals surface area contributed by atoms with Crippen molar-refractivity contribution in [2.45, 2.75) is 32.2 Å². The second kappa shape index (κ2) is 5.15. The van der Waals surface area contributed by atoms with Gasteiger partial charge in [-0.2, -0.15) is 0 Å². The SMILES string of the molecule is C=C[Si](C=C)(C=C)C(C)CCC. The molecular formula is C11H20Si. The molecule has 68 valence electrons. The highest BCUT2D eigenvalue weighted by molar-refractivity contribution is 6.94. The van der Waals surface area contributed by atoms with E-state index < -0.39 is 8.07 Å². The molecule has 0 nitrogen and oxygen atoms in total. The zero-order valence-corrected chi connectivity index (χ0v) is 9.34. The molecule has 0 aliphatic rings. The summed E-state index contributed by atoms with van der Waals surface area (Å²) in [5.41, 5.74) is 6.92. The summed E-state index contributed by atoms with van der Waals surface area (Å²) in [5, 5.41) is 0. The van der Waals surface area contributed by atoms with Crippen LogP contribution in [-0.2, 0) is 0 Å². The second-order valence-corrected chi connectivity index (χ2v) is 7.51. The first-order chi connectivity index (χ1) is 5.66. The van der Waals surface area contributed by atoms with Crippen molar-refractivity contribution in [1.82, 2.24) is 0 Å². The predicted molar refractivity (Wildman–Crippen MR) is 60.7 cm³/mol. The molecule has 0 N–H and O–H groups in total. The van der Waals surface area contributed by atoms with Crippen LogP contribution in [0.4, 0.5) is 0 Å². The fourth-order valence-corrected chi connectivity index (χ4v) is 4.03. The fourth-order valence-electron chi connectivity index (χ4n) is 1.54. The van der Waals surface area contributed by atoms with E-state index in [1.54, 1.807) is 0 Å². The third-order valence-electron chi connectivity index (χ3n) is 2.64. The third kappa shape index (κ3) is 2.21. The van der Waals surface area contributed by atoms with Gasteiger partial charge in [0.15, 0.2) is 0 Å². The molecule has 0 aromatic carbocycles. The zero-order chi connectivity index (χ0) is 9.61. The Morgan fingerprint density at radius 1 is 1.17 bits per heavy atom. The summed E-state index contributed by atoms with van der Waals surface area (Å²) < 4.78 is 0. The van der Waals surface area contributed by atoms with Gasteiger partial charge in [0, 0.05) is 0 Å². The van der Waals surface area contributed by atoms with Crippen molar-refractivity contribution >= 4 is 8.07 Å². The van der Waals surface area contributed by atoms with Gasteiger partial charge in [-0.25, -0.2) is 0 Å². The molecule has 1 heteroatoms. The van der Waals surface area contributed by atoms with Gasteiger partial charge in [-0.3, -0.25) is 0 Å². The van der Waals surface area contributed by atoms with Crippen molar-refractivity contribution in [3.05, 3.63) is 36.8 Å². The highest BCUT2D eigenvalue weighted by Crippen LogP contribution is 2.28. The molecule has 0 spiro atoms. The van der Waals surface area contributed by atoms with E-state index in [2.05, 4.69) is 50.7 Å². The van der Waals surface area contributed by atoms with E-state index in [4.69, 9.17) is 0 Å². The second-order valence-electron chi connectivity index (χ2n) is 3.30. The van der Waals surface area contributed by atoms with Gasteiger partial charge >= 0.3 is 0 Å². The Morgan fingerprint density at radius 3 is 1.83 bits per heavy atom. The lowest BCUT2D eigenvalue weighted by atomic mass is 10.3. The van der Waals surface area contributed by atoms with Crippen molar-refractivity contribution in [3.8, 4) is 0 Å². The van der Waals surface area contributed by atoms with Gasteiger partial charge in [-0.1, -0.05) is 43.8 Å². The molecule has 0 aromatic rings. The summed E-state index contributed by atoms with van der Waals surface area (Å²) in [6.07, 6.45) is 2.47. The average molecular weight is 180 g/mol. The van der Waals surface area contributed by atoms with E-state index in [-0.39, 0.29) is 0 Å². The lowest BCUT2D eigenvalue weighted by Gasteiger charge is -2.27. The minimum absolute atomic E-state index is 0.690. The largest absolute Gasteiger partial charge is 0.127 e. The predicted octanol–water partition coefficient (Wildman–Crippen LogP) is 3.80. The lowest BCUT2D eigenvalue weighted by Crippen LogP contribution is -2.32. The molecule has 0 aromatic heterocycles. The maximum Gasteiger partial charge on any atom is 0.127 e. The van der Waals surface area contributed by atoms with Gasteiger partial charge in [0.1, 0.15) is 8.07 Å². The molecule has 12 heavy (non-hydrogen) atoms. The van der Waals surface area contributed by atoms with Crippen molar-refractivity contribution in [2.75, 3.05) is 0 Å². The monoisotopic (exact) mass is 180 g/mol. The molecule has 0 aliphatic heterocycles. The Morgan fingerprint density at radius 2 is 1.58 bits per heavy atom. The third-order valence-corrected chi connectivity index (χ3v) is 6.75. The van der Waals surface area contributed by atoms with Crippen LogP contribution in [0.2, 0.25) is 5.54 Å². The quantitative estimate of drug-likeness (QED) is 0.545. The first kappa shape index (κ1) is 11.4. The number of hydrogen-bond acceptors (Lipinski definition) is 0. The first-order valence-electron chi connectivity index (χ1n) is 4.57. The van der Waals surface area contributed by atoms with Gasteiger partial charge < -0.3 is 0 Å². The molecule has 0 rings (SSSR count). The lowest BCUT2D eigenvalue weighted by molar-refractivity contribution is 0.754. The normalized spacial score (nSPS) is 13.5. The summed E-state index contributed by atoms with van der Waals surface area (Å²) in [6, 6.07) is 0. The van der Waals surface area contributed by atoms with E-state index in [0.29, 0.717) is 5.54 Å². The van der Waals surface area contributed by atoms with E-state index in [0.717, 1.165) is 0 Å². The molecule has 1 atom stereocenters. The molecule has 0 saturated heterocycles. The van der Waals surface area contributed by atoms with Gasteiger partial charge in [0.05, 0.1) is 0 Å². The fraction of sp³-hybridized carbons (Fsp3) is 0.455. The Balaban J connectivity index is 4.57. The van der Waals surface area contributed by atoms with Crippen LogP contribution in [0.1, 0.15) is 26.7 Å². The maximum atomic E-state index is 3.90. The summed E-state index contributed by atoms with van der Waals surface area (Å²) in [4.78, 5) is 0. The number of hydrogen-bond donors (Lipinski definition) is 0. The first-order valence-corrected chi connectivity index (χ1v) is 6.88. The molecule has 0 radical (unpaired) electrons. The maximum absolute atomic E-state index is 3.90.